The number of rotatable bonds is 2. The third kappa shape index (κ3) is 3.09. The van der Waals surface area contributed by atoms with Crippen LogP contribution in [0.2, 0.25) is 0 Å². The molecule has 0 saturated heterocycles. The summed E-state index contributed by atoms with van der Waals surface area (Å²) in [6.07, 6.45) is 3.09. The minimum Gasteiger partial charge on any atom is -0.312 e. The van der Waals surface area contributed by atoms with Crippen molar-refractivity contribution in [2.24, 2.45) is 5.16 Å². The summed E-state index contributed by atoms with van der Waals surface area (Å²) in [4.78, 5) is 28.2. The van der Waals surface area contributed by atoms with Gasteiger partial charge in [0.2, 0.25) is 0 Å². The van der Waals surface area contributed by atoms with Crippen LogP contribution in [0.4, 0.5) is 0 Å². The van der Waals surface area contributed by atoms with Gasteiger partial charge in [-0.15, -0.1) is 0 Å². The number of hydrogen-bond donors (Lipinski definition) is 0. The molecule has 0 N–H and O–H groups in total. The van der Waals surface area contributed by atoms with E-state index in [9.17, 15) is 9.59 Å². The van der Waals surface area contributed by atoms with Crippen LogP contribution >= 0.6 is 0 Å². The van der Waals surface area contributed by atoms with Crippen molar-refractivity contribution in [1.82, 2.24) is 0 Å². The number of aryl methyl sites for hydroxylation is 1. The van der Waals surface area contributed by atoms with E-state index >= 15 is 0 Å². The Balaban J connectivity index is 2.13. The molecule has 0 aromatic heterocycles. The molecule has 0 spiro atoms. The van der Waals surface area contributed by atoms with Crippen molar-refractivity contribution >= 4 is 17.5 Å². The predicted octanol–water partition coefficient (Wildman–Crippen LogP) is 2.98. The second-order valence-electron chi connectivity index (χ2n) is 4.74. The van der Waals surface area contributed by atoms with Crippen LogP contribution in [0.1, 0.15) is 29.8 Å². The number of nitrogens with zero attached hydrogens (tertiary/aromatic N) is 1. The van der Waals surface area contributed by atoms with Crippen LogP contribution in [-0.2, 0) is 9.63 Å². The van der Waals surface area contributed by atoms with Crippen molar-refractivity contribution in [3.63, 3.8) is 0 Å². The Labute approximate surface area is 117 Å². The van der Waals surface area contributed by atoms with Crippen LogP contribution in [0, 0.1) is 6.92 Å². The summed E-state index contributed by atoms with van der Waals surface area (Å²) in [7, 11) is 0. The molecule has 0 unspecified atom stereocenters. The smallest absolute Gasteiger partial charge is 0.312 e. The third-order valence-electron chi connectivity index (χ3n) is 3.01. The highest BCUT2D eigenvalue weighted by Crippen LogP contribution is 2.13. The monoisotopic (exact) mass is 269 g/mol. The van der Waals surface area contributed by atoms with Crippen LogP contribution in [0.5, 0.6) is 0 Å². The fraction of sp³-hybridized carbons (Fsp3) is 0.188. The van der Waals surface area contributed by atoms with E-state index in [1.807, 2.05) is 19.1 Å². The first-order valence-corrected chi connectivity index (χ1v) is 6.24. The maximum absolute atomic E-state index is 11.8. The van der Waals surface area contributed by atoms with Gasteiger partial charge in [0, 0.05) is 0 Å². The summed E-state index contributed by atoms with van der Waals surface area (Å²) >= 11 is 0. The van der Waals surface area contributed by atoms with Crippen LogP contribution in [0.15, 0.2) is 52.7 Å². The fourth-order valence-corrected chi connectivity index (χ4v) is 1.71. The summed E-state index contributed by atoms with van der Waals surface area (Å²) in [6.45, 7) is 5.39. The molecule has 102 valence electrons. The van der Waals surface area contributed by atoms with Crippen molar-refractivity contribution in [1.29, 1.82) is 0 Å². The Kier molecular flexibility index (Phi) is 3.94. The number of oxime groups is 1. The third-order valence-corrected chi connectivity index (χ3v) is 3.01. The van der Waals surface area contributed by atoms with Gasteiger partial charge in [-0.2, -0.15) is 0 Å². The number of hydrogen-bond acceptors (Lipinski definition) is 4. The lowest BCUT2D eigenvalue weighted by Crippen LogP contribution is -2.11. The Bertz CT molecular complexity index is 649. The number of benzene rings is 1. The van der Waals surface area contributed by atoms with Crippen molar-refractivity contribution in [3.05, 3.63) is 58.7 Å². The van der Waals surface area contributed by atoms with Gasteiger partial charge in [-0.1, -0.05) is 22.9 Å². The number of allylic oxidation sites excluding steroid dienone is 4. The van der Waals surface area contributed by atoms with Gasteiger partial charge in [0.05, 0.1) is 5.56 Å². The number of ketones is 1. The predicted molar refractivity (Wildman–Crippen MR) is 76.6 cm³/mol. The lowest BCUT2D eigenvalue weighted by atomic mass is 9.99. The van der Waals surface area contributed by atoms with E-state index < -0.39 is 5.97 Å². The van der Waals surface area contributed by atoms with E-state index in [0.29, 0.717) is 22.4 Å². The van der Waals surface area contributed by atoms with Gasteiger partial charge in [-0.3, -0.25) is 4.79 Å². The van der Waals surface area contributed by atoms with E-state index in [1.54, 1.807) is 32.1 Å². The highest BCUT2D eigenvalue weighted by molar-refractivity contribution is 6.21. The molecule has 0 radical (unpaired) electrons. The molecule has 0 atom stereocenters. The zero-order valence-electron chi connectivity index (χ0n) is 11.6. The summed E-state index contributed by atoms with van der Waals surface area (Å²) in [5.74, 6) is -0.570. The first kappa shape index (κ1) is 13.9. The van der Waals surface area contributed by atoms with Gasteiger partial charge in [0.15, 0.2) is 5.78 Å². The molecule has 1 aliphatic carbocycles. The lowest BCUT2D eigenvalue weighted by Gasteiger charge is -2.08. The van der Waals surface area contributed by atoms with Gasteiger partial charge in [-0.05, 0) is 56.2 Å². The zero-order valence-corrected chi connectivity index (χ0v) is 11.6. The number of carbonyl (C=O) groups is 2. The topological polar surface area (TPSA) is 55.7 Å². The summed E-state index contributed by atoms with van der Waals surface area (Å²) in [5.41, 5.74) is 3.24. The minimum absolute atomic E-state index is 0.0497. The maximum atomic E-state index is 11.8. The van der Waals surface area contributed by atoms with Crippen LogP contribution in [0.25, 0.3) is 0 Å². The van der Waals surface area contributed by atoms with E-state index in [0.717, 1.165) is 5.56 Å². The van der Waals surface area contributed by atoms with Gasteiger partial charge < -0.3 is 4.84 Å². The molecule has 2 rings (SSSR count). The van der Waals surface area contributed by atoms with Crippen molar-refractivity contribution < 1.29 is 14.4 Å². The summed E-state index contributed by atoms with van der Waals surface area (Å²) < 4.78 is 0. The Morgan fingerprint density at radius 3 is 2.30 bits per heavy atom. The molecule has 1 aromatic rings. The van der Waals surface area contributed by atoms with Crippen molar-refractivity contribution in [2.75, 3.05) is 0 Å². The largest absolute Gasteiger partial charge is 0.365 e. The molecule has 0 saturated carbocycles. The zero-order chi connectivity index (χ0) is 14.7. The van der Waals surface area contributed by atoms with Crippen LogP contribution in [0.3, 0.4) is 0 Å². The Morgan fingerprint density at radius 1 is 1.00 bits per heavy atom. The highest BCUT2D eigenvalue weighted by Gasteiger charge is 2.14. The lowest BCUT2D eigenvalue weighted by molar-refractivity contribution is -0.111. The molecule has 1 aliphatic rings. The molecule has 0 amide bonds. The quantitative estimate of drug-likeness (QED) is 0.471. The average Bonchev–Trinajstić information content (AvgIpc) is 2.42. The van der Waals surface area contributed by atoms with Crippen molar-refractivity contribution in [3.8, 4) is 0 Å². The standard InChI is InChI=1S/C16H15NO3/c1-10-4-6-13(7-5-10)16(19)20-17-14-8-12(3)15(18)9-11(14)2/h4-9H,1-3H3/b17-14-. The second kappa shape index (κ2) is 5.65. The van der Waals surface area contributed by atoms with Gasteiger partial charge in [0.25, 0.3) is 0 Å². The van der Waals surface area contributed by atoms with Crippen molar-refractivity contribution in [2.45, 2.75) is 20.8 Å². The fourth-order valence-electron chi connectivity index (χ4n) is 1.71. The molecule has 4 nitrogen and oxygen atoms in total. The molecule has 0 fully saturated rings. The van der Waals surface area contributed by atoms with Crippen LogP contribution in [-0.4, -0.2) is 17.5 Å². The molecule has 4 heteroatoms. The molecule has 0 heterocycles. The molecule has 0 aliphatic heterocycles. The maximum Gasteiger partial charge on any atom is 0.365 e. The van der Waals surface area contributed by atoms with E-state index in [-0.39, 0.29) is 5.78 Å². The van der Waals surface area contributed by atoms with Crippen LogP contribution < -0.4 is 0 Å². The van der Waals surface area contributed by atoms with Gasteiger partial charge >= 0.3 is 5.97 Å². The van der Waals surface area contributed by atoms with E-state index in [1.165, 1.54) is 6.08 Å². The van der Waals surface area contributed by atoms with E-state index in [4.69, 9.17) is 4.84 Å². The second-order valence-corrected chi connectivity index (χ2v) is 4.74. The SMILES string of the molecule is CC1=C/C(=N/OC(=O)c2ccc(C)cc2)C(C)=CC1=O. The first-order valence-electron chi connectivity index (χ1n) is 6.24. The highest BCUT2D eigenvalue weighted by atomic mass is 16.7. The summed E-state index contributed by atoms with van der Waals surface area (Å²) in [5, 5.41) is 3.82. The van der Waals surface area contributed by atoms with E-state index in [2.05, 4.69) is 5.16 Å². The average molecular weight is 269 g/mol. The summed E-state index contributed by atoms with van der Waals surface area (Å²) in [6, 6.07) is 7.04. The Hall–Kier alpha value is -2.49. The number of carbonyl (C=O) groups excluding carboxylic acids is 2. The minimum atomic E-state index is -0.520. The Morgan fingerprint density at radius 2 is 1.65 bits per heavy atom. The first-order chi connectivity index (χ1) is 9.47. The molecular formula is C16H15NO3. The molecule has 0 bridgehead atoms. The van der Waals surface area contributed by atoms with Gasteiger partial charge in [-0.25, -0.2) is 4.79 Å². The van der Waals surface area contributed by atoms with Gasteiger partial charge in [0.1, 0.15) is 5.71 Å². The molecular weight excluding hydrogens is 254 g/mol. The normalized spacial score (nSPS) is 16.8. The molecule has 20 heavy (non-hydrogen) atoms. The molecule has 1 aromatic carbocycles.